The summed E-state index contributed by atoms with van der Waals surface area (Å²) in [5, 5.41) is 2.28. The van der Waals surface area contributed by atoms with Gasteiger partial charge in [0.05, 0.1) is 17.1 Å². The molecule has 0 unspecified atom stereocenters. The van der Waals surface area contributed by atoms with Gasteiger partial charge in [-0.15, -0.1) is 0 Å². The maximum Gasteiger partial charge on any atom is 0.179 e. The van der Waals surface area contributed by atoms with E-state index in [-0.39, 0.29) is 5.41 Å². The molecular weight excluding hydrogens is 450 g/mol. The molecular formula is C34H25N3. The second-order valence-corrected chi connectivity index (χ2v) is 10.1. The van der Waals surface area contributed by atoms with E-state index >= 15 is 0 Å². The van der Waals surface area contributed by atoms with Gasteiger partial charge in [0, 0.05) is 27.5 Å². The van der Waals surface area contributed by atoms with Gasteiger partial charge >= 0.3 is 0 Å². The average molecular weight is 476 g/mol. The molecule has 0 saturated heterocycles. The van der Waals surface area contributed by atoms with E-state index in [4.69, 9.17) is 15.0 Å². The predicted molar refractivity (Wildman–Crippen MR) is 151 cm³/mol. The van der Waals surface area contributed by atoms with Crippen LogP contribution >= 0.6 is 0 Å². The Balaban J connectivity index is 1.55. The lowest BCUT2D eigenvalue weighted by atomic mass is 9.80. The van der Waals surface area contributed by atoms with E-state index < -0.39 is 0 Å². The van der Waals surface area contributed by atoms with Crippen LogP contribution in [0.2, 0.25) is 0 Å². The van der Waals surface area contributed by atoms with E-state index in [0.29, 0.717) is 5.82 Å². The van der Waals surface area contributed by atoms with Gasteiger partial charge in [0.25, 0.3) is 0 Å². The summed E-state index contributed by atoms with van der Waals surface area (Å²) in [6, 6.07) is 39.8. The summed E-state index contributed by atoms with van der Waals surface area (Å²) < 4.78 is 0. The second-order valence-electron chi connectivity index (χ2n) is 10.1. The van der Waals surface area contributed by atoms with Crippen LogP contribution in [0.15, 0.2) is 115 Å². The topological polar surface area (TPSA) is 38.7 Å². The summed E-state index contributed by atoms with van der Waals surface area (Å²) in [5.41, 5.74) is 9.37. The molecule has 4 aromatic carbocycles. The number of benzene rings is 4. The Labute approximate surface area is 216 Å². The Morgan fingerprint density at radius 2 is 1.05 bits per heavy atom. The van der Waals surface area contributed by atoms with Crippen molar-refractivity contribution in [1.29, 1.82) is 0 Å². The fraction of sp³-hybridized carbons (Fsp3) is 0.0882. The van der Waals surface area contributed by atoms with Gasteiger partial charge in [0.1, 0.15) is 5.69 Å². The van der Waals surface area contributed by atoms with Crippen molar-refractivity contribution in [3.8, 4) is 45.3 Å². The third kappa shape index (κ3) is 3.39. The van der Waals surface area contributed by atoms with Crippen LogP contribution in [0.4, 0.5) is 0 Å². The molecule has 0 bridgehead atoms. The highest BCUT2D eigenvalue weighted by Gasteiger charge is 2.38. The highest BCUT2D eigenvalue weighted by Crippen LogP contribution is 2.51. The molecule has 0 N–H and O–H groups in total. The Kier molecular flexibility index (Phi) is 4.80. The van der Waals surface area contributed by atoms with Crippen molar-refractivity contribution in [1.82, 2.24) is 15.0 Å². The predicted octanol–water partition coefficient (Wildman–Crippen LogP) is 8.33. The molecule has 7 rings (SSSR count). The molecule has 37 heavy (non-hydrogen) atoms. The Morgan fingerprint density at radius 3 is 1.70 bits per heavy atom. The first-order chi connectivity index (χ1) is 18.1. The summed E-state index contributed by atoms with van der Waals surface area (Å²) >= 11 is 0. The van der Waals surface area contributed by atoms with Crippen molar-refractivity contribution < 1.29 is 0 Å². The minimum absolute atomic E-state index is 0.140. The first-order valence-corrected chi connectivity index (χ1v) is 12.6. The van der Waals surface area contributed by atoms with Crippen LogP contribution in [0.1, 0.15) is 25.0 Å². The van der Waals surface area contributed by atoms with Crippen molar-refractivity contribution in [2.75, 3.05) is 0 Å². The fourth-order valence-corrected chi connectivity index (χ4v) is 5.70. The molecule has 0 fully saturated rings. The smallest absolute Gasteiger partial charge is 0.179 e. The highest BCUT2D eigenvalue weighted by molar-refractivity contribution is 6.02. The maximum atomic E-state index is 5.33. The molecule has 0 aliphatic heterocycles. The van der Waals surface area contributed by atoms with Gasteiger partial charge in [-0.3, -0.25) is 0 Å². The van der Waals surface area contributed by atoms with Gasteiger partial charge in [-0.2, -0.15) is 0 Å². The molecule has 1 aliphatic carbocycles. The largest absolute Gasteiger partial charge is 0.243 e. The zero-order chi connectivity index (χ0) is 25.0. The van der Waals surface area contributed by atoms with Crippen LogP contribution < -0.4 is 0 Å². The van der Waals surface area contributed by atoms with E-state index in [1.54, 1.807) is 0 Å². The molecule has 0 atom stereocenters. The average Bonchev–Trinajstić information content (AvgIpc) is 3.20. The normalized spacial score (nSPS) is 13.4. The molecule has 0 amide bonds. The van der Waals surface area contributed by atoms with Crippen molar-refractivity contribution in [3.63, 3.8) is 0 Å². The molecule has 2 aromatic heterocycles. The summed E-state index contributed by atoms with van der Waals surface area (Å²) in [6.45, 7) is 4.59. The number of nitrogens with zero attached hydrogens (tertiary/aromatic N) is 3. The van der Waals surface area contributed by atoms with E-state index in [2.05, 4.69) is 92.7 Å². The monoisotopic (exact) mass is 475 g/mol. The third-order valence-corrected chi connectivity index (χ3v) is 7.47. The Hall–Kier alpha value is -4.63. The molecule has 1 aliphatic rings. The van der Waals surface area contributed by atoms with Crippen molar-refractivity contribution in [2.45, 2.75) is 19.3 Å². The van der Waals surface area contributed by atoms with E-state index in [9.17, 15) is 0 Å². The first kappa shape index (κ1) is 21.6. The number of rotatable bonds is 3. The summed E-state index contributed by atoms with van der Waals surface area (Å²) in [5.74, 6) is 0.640. The molecule has 176 valence electrons. The number of fused-ring (bicyclic) bond motifs is 5. The molecule has 6 aromatic rings. The number of aromatic nitrogens is 3. The quantitative estimate of drug-likeness (QED) is 0.258. The maximum absolute atomic E-state index is 5.33. The second kappa shape index (κ2) is 8.21. The van der Waals surface area contributed by atoms with Gasteiger partial charge in [-0.1, -0.05) is 123 Å². The van der Waals surface area contributed by atoms with E-state index in [0.717, 1.165) is 39.3 Å². The molecule has 0 radical (unpaired) electrons. The van der Waals surface area contributed by atoms with Gasteiger partial charge < -0.3 is 0 Å². The fourth-order valence-electron chi connectivity index (χ4n) is 5.70. The Morgan fingerprint density at radius 1 is 0.514 bits per heavy atom. The standard InChI is InChI=1S/C34H25N3/c1-34(2)27-20-12-11-19-26(27)31-30(34)24-17-9-10-18-25(24)32(37-31)33-35-28(22-13-5-3-6-14-22)21-29(36-33)23-15-7-4-8-16-23/h3-21H,1-2H3. The van der Waals surface area contributed by atoms with Crippen LogP contribution in [0.3, 0.4) is 0 Å². The first-order valence-electron chi connectivity index (χ1n) is 12.6. The molecule has 3 heteroatoms. The number of pyridine rings is 1. The third-order valence-electron chi connectivity index (χ3n) is 7.47. The van der Waals surface area contributed by atoms with E-state index in [1.165, 1.54) is 22.1 Å². The lowest BCUT2D eigenvalue weighted by Gasteiger charge is -2.23. The van der Waals surface area contributed by atoms with Crippen LogP contribution in [0.5, 0.6) is 0 Å². The van der Waals surface area contributed by atoms with Gasteiger partial charge in [0.2, 0.25) is 0 Å². The minimum atomic E-state index is -0.140. The van der Waals surface area contributed by atoms with Gasteiger partial charge in [-0.05, 0) is 22.6 Å². The molecule has 2 heterocycles. The number of hydrogen-bond donors (Lipinski definition) is 0. The molecule has 0 spiro atoms. The summed E-state index contributed by atoms with van der Waals surface area (Å²) in [6.07, 6.45) is 0. The Bertz CT molecular complexity index is 1730. The lowest BCUT2D eigenvalue weighted by molar-refractivity contribution is 0.665. The highest BCUT2D eigenvalue weighted by atomic mass is 14.9. The van der Waals surface area contributed by atoms with Gasteiger partial charge in [0.15, 0.2) is 5.82 Å². The molecule has 3 nitrogen and oxygen atoms in total. The zero-order valence-corrected chi connectivity index (χ0v) is 20.8. The van der Waals surface area contributed by atoms with Crippen LogP contribution in [0, 0.1) is 0 Å². The van der Waals surface area contributed by atoms with Crippen LogP contribution in [-0.2, 0) is 5.41 Å². The van der Waals surface area contributed by atoms with Crippen LogP contribution in [0.25, 0.3) is 56.1 Å². The lowest BCUT2D eigenvalue weighted by Crippen LogP contribution is -2.16. The summed E-state index contributed by atoms with van der Waals surface area (Å²) in [7, 11) is 0. The van der Waals surface area contributed by atoms with Crippen LogP contribution in [-0.4, -0.2) is 15.0 Å². The van der Waals surface area contributed by atoms with E-state index in [1.807, 2.05) is 36.4 Å². The zero-order valence-electron chi connectivity index (χ0n) is 20.8. The van der Waals surface area contributed by atoms with Crippen molar-refractivity contribution in [2.24, 2.45) is 0 Å². The SMILES string of the molecule is CC1(C)c2ccccc2-c2nc(-c3nc(-c4ccccc4)cc(-c4ccccc4)n3)c3ccccc3c21. The van der Waals surface area contributed by atoms with Gasteiger partial charge in [-0.25, -0.2) is 15.0 Å². The van der Waals surface area contributed by atoms with Crippen molar-refractivity contribution >= 4 is 10.8 Å². The molecule has 0 saturated carbocycles. The summed E-state index contributed by atoms with van der Waals surface area (Å²) in [4.78, 5) is 15.5. The minimum Gasteiger partial charge on any atom is -0.243 e. The van der Waals surface area contributed by atoms with Crippen molar-refractivity contribution in [3.05, 3.63) is 126 Å². The number of hydrogen-bond acceptors (Lipinski definition) is 3.